The number of hydrogen-bond donors (Lipinski definition) is 3. The van der Waals surface area contributed by atoms with Crippen LogP contribution in [0.1, 0.15) is 48.7 Å². The van der Waals surface area contributed by atoms with E-state index < -0.39 is 18.4 Å². The Hall–Kier alpha value is -3.22. The average Bonchev–Trinajstić information content (AvgIpc) is 2.82. The molecule has 0 aromatic heterocycles. The molecule has 176 valence electrons. The summed E-state index contributed by atoms with van der Waals surface area (Å²) in [6, 6.07) is 16.3. The van der Waals surface area contributed by atoms with Crippen LogP contribution >= 0.6 is 0 Å². The van der Waals surface area contributed by atoms with Gasteiger partial charge in [0.05, 0.1) is 12.1 Å². The van der Waals surface area contributed by atoms with Crippen molar-refractivity contribution in [2.75, 3.05) is 6.54 Å². The van der Waals surface area contributed by atoms with Crippen molar-refractivity contribution < 1.29 is 19.4 Å². The summed E-state index contributed by atoms with van der Waals surface area (Å²) in [6.45, 7) is 11.5. The van der Waals surface area contributed by atoms with Gasteiger partial charge in [0.25, 0.3) is 11.8 Å². The second-order valence-corrected chi connectivity index (χ2v) is 8.11. The summed E-state index contributed by atoms with van der Waals surface area (Å²) in [5.74, 6) is -0.592. The van der Waals surface area contributed by atoms with Crippen molar-refractivity contribution in [1.82, 2.24) is 10.6 Å². The summed E-state index contributed by atoms with van der Waals surface area (Å²) in [5.41, 5.74) is 3.84. The fourth-order valence-electron chi connectivity index (χ4n) is 3.10. The summed E-state index contributed by atoms with van der Waals surface area (Å²) in [4.78, 5) is 24.8. The molecule has 2 aromatic carbocycles. The Morgan fingerprint density at radius 2 is 1.73 bits per heavy atom. The summed E-state index contributed by atoms with van der Waals surface area (Å²) in [7, 11) is 0. The lowest BCUT2D eigenvalue weighted by molar-refractivity contribution is -0.153. The topological polar surface area (TPSA) is 87.7 Å². The van der Waals surface area contributed by atoms with Crippen molar-refractivity contribution in [2.45, 2.75) is 52.6 Å². The van der Waals surface area contributed by atoms with E-state index in [9.17, 15) is 14.7 Å². The van der Waals surface area contributed by atoms with E-state index in [1.54, 1.807) is 25.1 Å². The van der Waals surface area contributed by atoms with Crippen molar-refractivity contribution in [3.05, 3.63) is 89.5 Å². The minimum absolute atomic E-state index is 0.204. The molecule has 2 aromatic rings. The number of hydrogen-bond acceptors (Lipinski definition) is 4. The molecule has 2 amide bonds. The number of amides is 2. The Kier molecular flexibility index (Phi) is 10.0. The number of carbonyl (C=O) groups excluding carboxylic acids is 2. The van der Waals surface area contributed by atoms with Crippen LogP contribution in [0.2, 0.25) is 0 Å². The van der Waals surface area contributed by atoms with Gasteiger partial charge in [0.1, 0.15) is 0 Å². The monoisotopic (exact) mass is 450 g/mol. The van der Waals surface area contributed by atoms with Crippen LogP contribution in [0.25, 0.3) is 5.57 Å². The molecule has 0 aliphatic rings. The van der Waals surface area contributed by atoms with E-state index in [1.807, 2.05) is 63.2 Å². The van der Waals surface area contributed by atoms with Crippen LogP contribution in [0.5, 0.6) is 0 Å². The molecule has 0 heterocycles. The third-order valence-corrected chi connectivity index (χ3v) is 5.29. The lowest BCUT2D eigenvalue weighted by Gasteiger charge is -2.25. The fourth-order valence-corrected chi connectivity index (χ4v) is 3.10. The minimum Gasteiger partial charge on any atom is -0.366 e. The molecule has 0 radical (unpaired) electrons. The first kappa shape index (κ1) is 26.0. The number of rotatable bonds is 11. The van der Waals surface area contributed by atoms with Crippen LogP contribution in [-0.2, 0) is 9.53 Å². The normalized spacial score (nSPS) is 14.2. The number of nitrogens with one attached hydrogen (secondary N) is 2. The van der Waals surface area contributed by atoms with Gasteiger partial charge >= 0.3 is 0 Å². The maximum Gasteiger partial charge on any atom is 0.251 e. The maximum atomic E-state index is 12.5. The van der Waals surface area contributed by atoms with Gasteiger partial charge in [-0.1, -0.05) is 61.5 Å². The molecule has 6 heteroatoms. The first-order valence-corrected chi connectivity index (χ1v) is 11.1. The Bertz CT molecular complexity index is 967. The molecule has 33 heavy (non-hydrogen) atoms. The predicted molar refractivity (Wildman–Crippen MR) is 132 cm³/mol. The molecule has 0 aliphatic carbocycles. The smallest absolute Gasteiger partial charge is 0.251 e. The van der Waals surface area contributed by atoms with Crippen LogP contribution in [0, 0.1) is 6.92 Å². The van der Waals surface area contributed by atoms with Gasteiger partial charge in [-0.25, -0.2) is 0 Å². The number of aryl methyl sites for hydroxylation is 1. The van der Waals surface area contributed by atoms with Crippen LogP contribution in [0.15, 0.2) is 72.8 Å². The van der Waals surface area contributed by atoms with E-state index in [1.165, 1.54) is 0 Å². The van der Waals surface area contributed by atoms with Crippen molar-refractivity contribution in [3.8, 4) is 0 Å². The van der Waals surface area contributed by atoms with Gasteiger partial charge in [-0.3, -0.25) is 9.59 Å². The highest BCUT2D eigenvalue weighted by Crippen LogP contribution is 2.15. The summed E-state index contributed by atoms with van der Waals surface area (Å²) in [6.07, 6.45) is 0.650. The summed E-state index contributed by atoms with van der Waals surface area (Å²) >= 11 is 0. The van der Waals surface area contributed by atoms with Crippen molar-refractivity contribution >= 4 is 17.4 Å². The zero-order chi connectivity index (χ0) is 24.4. The standard InChI is InChI=1S/C27H34N2O4/c1-6-24(17-28-26(31)23-14-12-18(2)13-15-23)33-27(32)21(5)29-25(30)20(4)16-19(3)22-10-8-7-9-11-22/h7-16,21,24,27,32H,4,6,17H2,1-3,5H3,(H,28,31)(H,29,30). The molecule has 3 atom stereocenters. The number of aliphatic hydroxyl groups excluding tert-OH is 1. The molecule has 0 saturated carbocycles. The van der Waals surface area contributed by atoms with Crippen LogP contribution in [0.3, 0.4) is 0 Å². The van der Waals surface area contributed by atoms with E-state index in [-0.39, 0.29) is 23.9 Å². The molecule has 0 bridgehead atoms. The minimum atomic E-state index is -1.23. The van der Waals surface area contributed by atoms with E-state index in [0.717, 1.165) is 16.7 Å². The Morgan fingerprint density at radius 3 is 2.33 bits per heavy atom. The molecule has 0 saturated heterocycles. The zero-order valence-corrected chi connectivity index (χ0v) is 19.8. The van der Waals surface area contributed by atoms with Gasteiger partial charge in [0.2, 0.25) is 0 Å². The van der Waals surface area contributed by atoms with E-state index in [0.29, 0.717) is 12.0 Å². The highest BCUT2D eigenvalue weighted by atomic mass is 16.6. The number of ether oxygens (including phenoxy) is 1. The Labute approximate surface area is 196 Å². The first-order valence-electron chi connectivity index (χ1n) is 11.1. The van der Waals surface area contributed by atoms with Gasteiger partial charge in [-0.2, -0.15) is 0 Å². The van der Waals surface area contributed by atoms with Gasteiger partial charge in [-0.05, 0) is 56.5 Å². The van der Waals surface area contributed by atoms with E-state index >= 15 is 0 Å². The molecule has 0 fully saturated rings. The number of carbonyl (C=O) groups is 2. The van der Waals surface area contributed by atoms with Crippen molar-refractivity contribution in [1.29, 1.82) is 0 Å². The van der Waals surface area contributed by atoms with Gasteiger partial charge in [0, 0.05) is 17.7 Å². The lowest BCUT2D eigenvalue weighted by Crippen LogP contribution is -2.45. The molecule has 3 N–H and O–H groups in total. The van der Waals surface area contributed by atoms with Crippen molar-refractivity contribution in [3.63, 3.8) is 0 Å². The highest BCUT2D eigenvalue weighted by molar-refractivity contribution is 5.97. The molecular weight excluding hydrogens is 416 g/mol. The quantitative estimate of drug-likeness (QED) is 0.274. The highest BCUT2D eigenvalue weighted by Gasteiger charge is 2.22. The zero-order valence-electron chi connectivity index (χ0n) is 19.8. The molecule has 3 unspecified atom stereocenters. The van der Waals surface area contributed by atoms with Gasteiger partial charge in [-0.15, -0.1) is 0 Å². The third kappa shape index (κ3) is 8.33. The first-order chi connectivity index (χ1) is 15.7. The van der Waals surface area contributed by atoms with E-state index in [4.69, 9.17) is 4.74 Å². The number of allylic oxidation sites excluding steroid dienone is 1. The average molecular weight is 451 g/mol. The second kappa shape index (κ2) is 12.7. The second-order valence-electron chi connectivity index (χ2n) is 8.11. The number of aliphatic hydroxyl groups is 1. The molecule has 0 aliphatic heterocycles. The Morgan fingerprint density at radius 1 is 1.09 bits per heavy atom. The van der Waals surface area contributed by atoms with Gasteiger partial charge in [0.15, 0.2) is 6.29 Å². The van der Waals surface area contributed by atoms with Crippen molar-refractivity contribution in [2.24, 2.45) is 0 Å². The van der Waals surface area contributed by atoms with Crippen LogP contribution < -0.4 is 10.6 Å². The predicted octanol–water partition coefficient (Wildman–Crippen LogP) is 4.00. The molecule has 6 nitrogen and oxygen atoms in total. The largest absolute Gasteiger partial charge is 0.366 e. The molecule has 0 spiro atoms. The Balaban J connectivity index is 1.85. The lowest BCUT2D eigenvalue weighted by atomic mass is 10.0. The molecular formula is C27H34N2O4. The van der Waals surface area contributed by atoms with Crippen LogP contribution in [-0.4, -0.2) is 41.9 Å². The van der Waals surface area contributed by atoms with Crippen LogP contribution in [0.4, 0.5) is 0 Å². The molecule has 2 rings (SSSR count). The SMILES string of the molecule is C=C(C=C(C)c1ccccc1)C(=O)NC(C)C(O)OC(CC)CNC(=O)c1ccc(C)cc1. The summed E-state index contributed by atoms with van der Waals surface area (Å²) < 4.78 is 5.68. The maximum absolute atomic E-state index is 12.5. The summed E-state index contributed by atoms with van der Waals surface area (Å²) in [5, 5.41) is 16.0. The fraction of sp³-hybridized carbons (Fsp3) is 0.333. The van der Waals surface area contributed by atoms with E-state index in [2.05, 4.69) is 17.2 Å². The third-order valence-electron chi connectivity index (χ3n) is 5.29. The van der Waals surface area contributed by atoms with Gasteiger partial charge < -0.3 is 20.5 Å². The number of benzene rings is 2.